The summed E-state index contributed by atoms with van der Waals surface area (Å²) >= 11 is 15.3. The van der Waals surface area contributed by atoms with Crippen LogP contribution in [-0.2, 0) is 0 Å². The second-order valence-electron chi connectivity index (χ2n) is 4.08. The van der Waals surface area contributed by atoms with Gasteiger partial charge in [-0.1, -0.05) is 57.3 Å². The zero-order chi connectivity index (χ0) is 14.7. The molecule has 0 amide bonds. The van der Waals surface area contributed by atoms with Gasteiger partial charge in [-0.3, -0.25) is 4.79 Å². The molecule has 0 aromatic heterocycles. The fourth-order valence-corrected chi connectivity index (χ4v) is 2.63. The monoisotopic (exact) mass is 367 g/mol. The molecule has 5 heteroatoms. The van der Waals surface area contributed by atoms with Crippen LogP contribution >= 0.6 is 39.1 Å². The van der Waals surface area contributed by atoms with E-state index in [0.717, 1.165) is 4.47 Å². The maximum Gasteiger partial charge on any atom is 0.186 e. The summed E-state index contributed by atoms with van der Waals surface area (Å²) in [6.07, 6.45) is 0. The van der Waals surface area contributed by atoms with Crippen LogP contribution in [0.25, 0.3) is 0 Å². The second-order valence-corrected chi connectivity index (χ2v) is 5.78. The second kappa shape index (κ2) is 6.41. The van der Waals surface area contributed by atoms with Gasteiger partial charge in [0.25, 0.3) is 0 Å². The van der Waals surface area contributed by atoms with Gasteiger partial charge >= 0.3 is 0 Å². The van der Waals surface area contributed by atoms with Crippen molar-refractivity contribution in [2.24, 2.45) is 0 Å². The van der Waals surface area contributed by atoms with Crippen molar-refractivity contribution in [1.29, 1.82) is 5.26 Å². The molecule has 1 atom stereocenters. The number of carbonyl (C=O) groups excluding carboxylic acids is 1. The summed E-state index contributed by atoms with van der Waals surface area (Å²) in [4.78, 5) is 12.5. The highest BCUT2D eigenvalue weighted by atomic mass is 79.9. The van der Waals surface area contributed by atoms with Crippen LogP contribution in [0.2, 0.25) is 10.0 Å². The van der Waals surface area contributed by atoms with Crippen LogP contribution in [0.1, 0.15) is 21.8 Å². The number of nitrogens with zero attached hydrogens (tertiary/aromatic N) is 1. The molecule has 0 spiro atoms. The first kappa shape index (κ1) is 15.1. The average molecular weight is 369 g/mol. The number of rotatable bonds is 3. The van der Waals surface area contributed by atoms with E-state index in [-0.39, 0.29) is 16.4 Å². The molecule has 0 aliphatic carbocycles. The third kappa shape index (κ3) is 3.04. The van der Waals surface area contributed by atoms with Crippen LogP contribution in [0.4, 0.5) is 0 Å². The van der Waals surface area contributed by atoms with E-state index in [9.17, 15) is 10.1 Å². The van der Waals surface area contributed by atoms with E-state index < -0.39 is 5.92 Å². The number of ketones is 1. The third-order valence-corrected chi connectivity index (χ3v) is 4.10. The zero-order valence-electron chi connectivity index (χ0n) is 10.1. The molecule has 2 nitrogen and oxygen atoms in total. The Morgan fingerprint density at radius 3 is 2.55 bits per heavy atom. The van der Waals surface area contributed by atoms with Crippen molar-refractivity contribution in [3.8, 4) is 6.07 Å². The Kier molecular flexibility index (Phi) is 4.82. The first-order chi connectivity index (χ1) is 9.54. The maximum absolute atomic E-state index is 12.5. The molecule has 100 valence electrons. The quantitative estimate of drug-likeness (QED) is 0.694. The van der Waals surface area contributed by atoms with E-state index >= 15 is 0 Å². The van der Waals surface area contributed by atoms with Gasteiger partial charge in [-0.2, -0.15) is 5.26 Å². The molecule has 0 saturated heterocycles. The Morgan fingerprint density at radius 2 is 1.90 bits per heavy atom. The minimum absolute atomic E-state index is 0.175. The highest BCUT2D eigenvalue weighted by Gasteiger charge is 2.24. The molecular weight excluding hydrogens is 361 g/mol. The molecule has 0 radical (unpaired) electrons. The van der Waals surface area contributed by atoms with Gasteiger partial charge in [0.05, 0.1) is 16.1 Å². The molecule has 0 fully saturated rings. The first-order valence-electron chi connectivity index (χ1n) is 5.68. The summed E-state index contributed by atoms with van der Waals surface area (Å²) in [7, 11) is 0. The molecule has 0 bridgehead atoms. The fraction of sp³-hybridized carbons (Fsp3) is 0.0667. The Hall–Kier alpha value is -1.34. The minimum atomic E-state index is -0.913. The SMILES string of the molecule is N#CC(C(=O)c1cccc(Cl)c1Cl)c1cccc(Br)c1. The van der Waals surface area contributed by atoms with Crippen LogP contribution in [0.3, 0.4) is 0 Å². The summed E-state index contributed by atoms with van der Waals surface area (Å²) in [5.41, 5.74) is 0.869. The van der Waals surface area contributed by atoms with Gasteiger partial charge < -0.3 is 0 Å². The van der Waals surface area contributed by atoms with Crippen molar-refractivity contribution in [3.05, 3.63) is 68.1 Å². The summed E-state index contributed by atoms with van der Waals surface area (Å²) in [5.74, 6) is -1.28. The number of benzene rings is 2. The smallest absolute Gasteiger partial charge is 0.186 e. The normalized spacial score (nSPS) is 11.7. The van der Waals surface area contributed by atoms with E-state index in [4.69, 9.17) is 23.2 Å². The topological polar surface area (TPSA) is 40.9 Å². The van der Waals surface area contributed by atoms with Crippen LogP contribution in [-0.4, -0.2) is 5.78 Å². The molecule has 1 unspecified atom stereocenters. The molecule has 0 heterocycles. The van der Waals surface area contributed by atoms with E-state index in [2.05, 4.69) is 15.9 Å². The van der Waals surface area contributed by atoms with Gasteiger partial charge in [0.2, 0.25) is 0 Å². The minimum Gasteiger partial charge on any atom is -0.292 e. The Morgan fingerprint density at radius 1 is 1.20 bits per heavy atom. The zero-order valence-corrected chi connectivity index (χ0v) is 13.2. The van der Waals surface area contributed by atoms with Crippen LogP contribution < -0.4 is 0 Å². The summed E-state index contributed by atoms with van der Waals surface area (Å²) in [5, 5.41) is 9.77. The highest BCUT2D eigenvalue weighted by molar-refractivity contribution is 9.10. The predicted octanol–water partition coefficient (Wildman–Crippen LogP) is 5.25. The van der Waals surface area contributed by atoms with Crippen molar-refractivity contribution in [1.82, 2.24) is 0 Å². The van der Waals surface area contributed by atoms with Gasteiger partial charge in [0.1, 0.15) is 5.92 Å². The van der Waals surface area contributed by atoms with Gasteiger partial charge in [0, 0.05) is 10.0 Å². The number of hydrogen-bond donors (Lipinski definition) is 0. The molecule has 0 aliphatic rings. The van der Waals surface area contributed by atoms with E-state index in [1.807, 2.05) is 12.1 Å². The van der Waals surface area contributed by atoms with Crippen LogP contribution in [0, 0.1) is 11.3 Å². The van der Waals surface area contributed by atoms with Crippen LogP contribution in [0.5, 0.6) is 0 Å². The predicted molar refractivity (Wildman–Crippen MR) is 83.3 cm³/mol. The molecule has 0 N–H and O–H groups in total. The highest BCUT2D eigenvalue weighted by Crippen LogP contribution is 2.30. The summed E-state index contributed by atoms with van der Waals surface area (Å²) < 4.78 is 0.806. The average Bonchev–Trinajstić information content (AvgIpc) is 2.42. The van der Waals surface area contributed by atoms with Crippen molar-refractivity contribution >= 4 is 44.9 Å². The van der Waals surface area contributed by atoms with Gasteiger partial charge in [0.15, 0.2) is 5.78 Å². The largest absolute Gasteiger partial charge is 0.292 e. The molecule has 2 aromatic rings. The van der Waals surface area contributed by atoms with Gasteiger partial charge in [-0.25, -0.2) is 0 Å². The molecule has 2 aromatic carbocycles. The lowest BCUT2D eigenvalue weighted by molar-refractivity contribution is 0.0979. The molecular formula is C15H8BrCl2NO. The summed E-state index contributed by atoms with van der Waals surface area (Å²) in [6, 6.07) is 13.9. The third-order valence-electron chi connectivity index (χ3n) is 2.79. The molecule has 0 aliphatic heterocycles. The number of hydrogen-bond acceptors (Lipinski definition) is 2. The van der Waals surface area contributed by atoms with E-state index in [1.165, 1.54) is 0 Å². The number of nitriles is 1. The molecule has 2 rings (SSSR count). The first-order valence-corrected chi connectivity index (χ1v) is 7.23. The van der Waals surface area contributed by atoms with Gasteiger partial charge in [-0.15, -0.1) is 0 Å². The lowest BCUT2D eigenvalue weighted by Gasteiger charge is -2.11. The van der Waals surface area contributed by atoms with E-state index in [0.29, 0.717) is 10.6 Å². The Bertz CT molecular complexity index is 709. The standard InChI is InChI=1S/C15H8BrCl2NO/c16-10-4-1-3-9(7-10)12(8-19)15(20)11-5-2-6-13(17)14(11)18/h1-7,12H. The lowest BCUT2D eigenvalue weighted by atomic mass is 9.92. The van der Waals surface area contributed by atoms with Crippen molar-refractivity contribution in [3.63, 3.8) is 0 Å². The van der Waals surface area contributed by atoms with Crippen molar-refractivity contribution in [2.45, 2.75) is 5.92 Å². The number of Topliss-reactive ketones (excluding diaryl/α,β-unsaturated/α-hetero) is 1. The van der Waals surface area contributed by atoms with Crippen molar-refractivity contribution in [2.75, 3.05) is 0 Å². The maximum atomic E-state index is 12.5. The fourth-order valence-electron chi connectivity index (χ4n) is 1.82. The number of halogens is 3. The van der Waals surface area contributed by atoms with Crippen LogP contribution in [0.15, 0.2) is 46.9 Å². The lowest BCUT2D eigenvalue weighted by Crippen LogP contribution is -2.12. The van der Waals surface area contributed by atoms with Gasteiger partial charge in [-0.05, 0) is 29.8 Å². The molecule has 0 saturated carbocycles. The van der Waals surface area contributed by atoms with Crippen molar-refractivity contribution < 1.29 is 4.79 Å². The molecule has 20 heavy (non-hydrogen) atoms. The summed E-state index contributed by atoms with van der Waals surface area (Å²) in [6.45, 7) is 0. The van der Waals surface area contributed by atoms with E-state index in [1.54, 1.807) is 36.4 Å². The Labute approximate surface area is 135 Å². The number of carbonyl (C=O) groups is 1. The Balaban J connectivity index is 2.45.